The van der Waals surface area contributed by atoms with Gasteiger partial charge in [0.15, 0.2) is 10.8 Å². The molecule has 0 aliphatic heterocycles. The van der Waals surface area contributed by atoms with Crippen molar-refractivity contribution in [1.29, 1.82) is 5.26 Å². The fourth-order valence-corrected chi connectivity index (χ4v) is 5.22. The highest BCUT2D eigenvalue weighted by Crippen LogP contribution is 2.29. The van der Waals surface area contributed by atoms with E-state index in [-0.39, 0.29) is 0 Å². The Bertz CT molecular complexity index is 1260. The topological polar surface area (TPSA) is 88.7 Å². The lowest BCUT2D eigenvalue weighted by Gasteiger charge is -2.21. The van der Waals surface area contributed by atoms with E-state index < -0.39 is 0 Å². The van der Waals surface area contributed by atoms with E-state index in [2.05, 4.69) is 39.6 Å². The molecule has 0 unspecified atom stereocenters. The second-order valence-electron chi connectivity index (χ2n) is 8.08. The van der Waals surface area contributed by atoms with Crippen LogP contribution in [0.2, 0.25) is 0 Å². The summed E-state index contributed by atoms with van der Waals surface area (Å²) in [6, 6.07) is 10.2. The largest absolute Gasteiger partial charge is 0.480 e. The SMILES string of the molecule is COc1nc2c(cc1C#N)ncn2Cc1ccc2nc(NCC3CCCCC3)sc2c1. The quantitative estimate of drug-likeness (QED) is 0.463. The number of nitrogens with zero attached hydrogens (tertiary/aromatic N) is 5. The molecule has 0 radical (unpaired) electrons. The third-order valence-corrected chi connectivity index (χ3v) is 6.92. The predicted molar refractivity (Wildman–Crippen MR) is 123 cm³/mol. The van der Waals surface area contributed by atoms with Crippen molar-refractivity contribution in [3.63, 3.8) is 0 Å². The Morgan fingerprint density at radius 3 is 2.87 bits per heavy atom. The first-order valence-electron chi connectivity index (χ1n) is 10.7. The van der Waals surface area contributed by atoms with Crippen LogP contribution in [0, 0.1) is 17.2 Å². The lowest BCUT2D eigenvalue weighted by atomic mass is 9.89. The zero-order valence-electron chi connectivity index (χ0n) is 17.5. The van der Waals surface area contributed by atoms with Crippen LogP contribution in [-0.4, -0.2) is 33.2 Å². The number of hydrogen-bond acceptors (Lipinski definition) is 7. The first-order valence-corrected chi connectivity index (χ1v) is 11.5. The third kappa shape index (κ3) is 4.06. The molecule has 1 fully saturated rings. The smallest absolute Gasteiger partial charge is 0.233 e. The monoisotopic (exact) mass is 432 g/mol. The van der Waals surface area contributed by atoms with Crippen LogP contribution in [0.5, 0.6) is 5.88 Å². The molecule has 5 rings (SSSR count). The van der Waals surface area contributed by atoms with Crippen molar-refractivity contribution >= 4 is 37.8 Å². The van der Waals surface area contributed by atoms with E-state index in [1.165, 1.54) is 43.9 Å². The standard InChI is InChI=1S/C23H24N6OS/c1-30-22-17(11-24)10-19-21(28-22)29(14-26-19)13-16-7-8-18-20(9-16)31-23(27-18)25-12-15-5-3-2-4-6-15/h7-10,14-15H,2-6,12-13H2,1H3,(H,25,27). The summed E-state index contributed by atoms with van der Waals surface area (Å²) in [5.41, 5.74) is 3.95. The fraction of sp³-hybridized carbons (Fsp3) is 0.391. The van der Waals surface area contributed by atoms with Gasteiger partial charge in [-0.1, -0.05) is 36.7 Å². The second kappa shape index (κ2) is 8.52. The summed E-state index contributed by atoms with van der Waals surface area (Å²) in [6.45, 7) is 1.66. The van der Waals surface area contributed by atoms with Gasteiger partial charge in [-0.05, 0) is 42.5 Å². The molecule has 0 saturated heterocycles. The molecule has 3 aromatic heterocycles. The molecule has 8 heteroatoms. The Kier molecular flexibility index (Phi) is 5.43. The van der Waals surface area contributed by atoms with Gasteiger partial charge in [-0.3, -0.25) is 0 Å². The molecule has 1 N–H and O–H groups in total. The van der Waals surface area contributed by atoms with Crippen molar-refractivity contribution in [2.24, 2.45) is 5.92 Å². The molecule has 1 aliphatic rings. The zero-order valence-corrected chi connectivity index (χ0v) is 18.3. The molecule has 0 atom stereocenters. The molecule has 1 saturated carbocycles. The van der Waals surface area contributed by atoms with Crippen LogP contribution in [0.4, 0.5) is 5.13 Å². The minimum atomic E-state index is 0.323. The highest BCUT2D eigenvalue weighted by Gasteiger charge is 2.15. The Balaban J connectivity index is 1.35. The van der Waals surface area contributed by atoms with Gasteiger partial charge in [0.1, 0.15) is 17.1 Å². The van der Waals surface area contributed by atoms with Crippen molar-refractivity contribution in [2.75, 3.05) is 19.0 Å². The van der Waals surface area contributed by atoms with E-state index in [0.29, 0.717) is 29.2 Å². The number of nitriles is 1. The van der Waals surface area contributed by atoms with E-state index in [4.69, 9.17) is 9.72 Å². The van der Waals surface area contributed by atoms with Gasteiger partial charge in [0.05, 0.1) is 30.2 Å². The Morgan fingerprint density at radius 2 is 2.06 bits per heavy atom. The van der Waals surface area contributed by atoms with Crippen LogP contribution in [0.3, 0.4) is 0 Å². The van der Waals surface area contributed by atoms with Gasteiger partial charge < -0.3 is 14.6 Å². The molecule has 4 aromatic rings. The molecule has 1 aliphatic carbocycles. The lowest BCUT2D eigenvalue weighted by molar-refractivity contribution is 0.373. The van der Waals surface area contributed by atoms with E-state index in [9.17, 15) is 5.26 Å². The number of rotatable bonds is 6. The normalized spacial score (nSPS) is 14.7. The van der Waals surface area contributed by atoms with Crippen LogP contribution in [0.15, 0.2) is 30.6 Å². The third-order valence-electron chi connectivity index (χ3n) is 5.94. The number of ether oxygens (including phenoxy) is 1. The van der Waals surface area contributed by atoms with E-state index >= 15 is 0 Å². The fourth-order valence-electron chi connectivity index (χ4n) is 4.28. The number of pyridine rings is 1. The number of imidazole rings is 1. The minimum absolute atomic E-state index is 0.323. The molecular formula is C23H24N6OS. The maximum Gasteiger partial charge on any atom is 0.233 e. The van der Waals surface area contributed by atoms with Crippen molar-refractivity contribution in [2.45, 2.75) is 38.6 Å². The van der Waals surface area contributed by atoms with E-state index in [1.54, 1.807) is 23.7 Å². The van der Waals surface area contributed by atoms with Crippen molar-refractivity contribution < 1.29 is 4.74 Å². The molecule has 0 bridgehead atoms. The van der Waals surface area contributed by atoms with E-state index in [0.717, 1.165) is 28.7 Å². The number of nitrogens with one attached hydrogen (secondary N) is 1. The highest BCUT2D eigenvalue weighted by atomic mass is 32.1. The van der Waals surface area contributed by atoms with Crippen LogP contribution >= 0.6 is 11.3 Å². The first kappa shape index (κ1) is 19.8. The number of aromatic nitrogens is 4. The highest BCUT2D eigenvalue weighted by molar-refractivity contribution is 7.22. The molecule has 31 heavy (non-hydrogen) atoms. The summed E-state index contributed by atoms with van der Waals surface area (Å²) in [7, 11) is 1.52. The molecule has 0 amide bonds. The van der Waals surface area contributed by atoms with Gasteiger partial charge in [0, 0.05) is 6.54 Å². The molecule has 7 nitrogen and oxygen atoms in total. The molecule has 3 heterocycles. The number of methoxy groups -OCH3 is 1. The Morgan fingerprint density at radius 1 is 1.19 bits per heavy atom. The number of anilines is 1. The number of thiazole rings is 1. The average molecular weight is 433 g/mol. The molecular weight excluding hydrogens is 408 g/mol. The summed E-state index contributed by atoms with van der Waals surface area (Å²) in [5, 5.41) is 13.8. The molecule has 1 aromatic carbocycles. The molecule has 0 spiro atoms. The summed E-state index contributed by atoms with van der Waals surface area (Å²) < 4.78 is 8.41. The minimum Gasteiger partial charge on any atom is -0.480 e. The van der Waals surface area contributed by atoms with Gasteiger partial charge >= 0.3 is 0 Å². The van der Waals surface area contributed by atoms with Crippen LogP contribution in [-0.2, 0) is 6.54 Å². The van der Waals surface area contributed by atoms with Gasteiger partial charge in [0.2, 0.25) is 5.88 Å². The molecule has 158 valence electrons. The van der Waals surface area contributed by atoms with Gasteiger partial charge in [-0.25, -0.2) is 9.97 Å². The Hall–Kier alpha value is -3.18. The average Bonchev–Trinajstić information content (AvgIpc) is 3.40. The summed E-state index contributed by atoms with van der Waals surface area (Å²) in [6.07, 6.45) is 8.51. The maximum absolute atomic E-state index is 9.25. The zero-order chi connectivity index (χ0) is 21.2. The van der Waals surface area contributed by atoms with Crippen molar-refractivity contribution in [1.82, 2.24) is 19.5 Å². The van der Waals surface area contributed by atoms with Crippen LogP contribution in [0.25, 0.3) is 21.4 Å². The first-order chi connectivity index (χ1) is 15.2. The maximum atomic E-state index is 9.25. The predicted octanol–water partition coefficient (Wildman–Crippen LogP) is 4.96. The lowest BCUT2D eigenvalue weighted by Crippen LogP contribution is -2.16. The number of benzene rings is 1. The van der Waals surface area contributed by atoms with Crippen molar-refractivity contribution in [3.05, 3.63) is 41.7 Å². The summed E-state index contributed by atoms with van der Waals surface area (Å²) in [5.74, 6) is 1.10. The summed E-state index contributed by atoms with van der Waals surface area (Å²) >= 11 is 1.71. The summed E-state index contributed by atoms with van der Waals surface area (Å²) in [4.78, 5) is 13.7. The van der Waals surface area contributed by atoms with Gasteiger partial charge in [0.25, 0.3) is 0 Å². The number of fused-ring (bicyclic) bond motifs is 2. The van der Waals surface area contributed by atoms with Crippen LogP contribution < -0.4 is 10.1 Å². The van der Waals surface area contributed by atoms with Crippen LogP contribution in [0.1, 0.15) is 43.2 Å². The Labute approximate surface area is 184 Å². The van der Waals surface area contributed by atoms with Crippen molar-refractivity contribution in [3.8, 4) is 11.9 Å². The van der Waals surface area contributed by atoms with Gasteiger partial charge in [-0.2, -0.15) is 10.2 Å². The number of hydrogen-bond donors (Lipinski definition) is 1. The van der Waals surface area contributed by atoms with Gasteiger partial charge in [-0.15, -0.1) is 0 Å². The van der Waals surface area contributed by atoms with E-state index in [1.807, 2.05) is 4.57 Å². The second-order valence-corrected chi connectivity index (χ2v) is 9.11.